The molecule has 0 unspecified atom stereocenters. The van der Waals surface area contributed by atoms with Crippen LogP contribution in [0.15, 0.2) is 34.8 Å². The first kappa shape index (κ1) is 24.4. The molecule has 0 aliphatic carbocycles. The van der Waals surface area contributed by atoms with E-state index < -0.39 is 0 Å². The van der Waals surface area contributed by atoms with Gasteiger partial charge in [-0.15, -0.1) is 12.4 Å². The van der Waals surface area contributed by atoms with Crippen molar-refractivity contribution in [1.82, 2.24) is 5.32 Å². The Morgan fingerprint density at radius 2 is 1.78 bits per heavy atom. The number of rotatable bonds is 7. The van der Waals surface area contributed by atoms with Crippen LogP contribution in [0.25, 0.3) is 0 Å². The summed E-state index contributed by atoms with van der Waals surface area (Å²) in [5.41, 5.74) is 2.02. The van der Waals surface area contributed by atoms with Gasteiger partial charge in [0.25, 0.3) is 0 Å². The largest absolute Gasteiger partial charge is 0.490 e. The lowest BCUT2D eigenvalue weighted by molar-refractivity contribution is 0.267. The minimum atomic E-state index is 0. The van der Waals surface area contributed by atoms with Gasteiger partial charge in [0, 0.05) is 27.7 Å². The highest BCUT2D eigenvalue weighted by molar-refractivity contribution is 9.10. The normalized spacial score (nSPS) is 11.1. The van der Waals surface area contributed by atoms with Gasteiger partial charge in [-0.2, -0.15) is 0 Å². The molecule has 0 saturated carbocycles. The van der Waals surface area contributed by atoms with Crippen LogP contribution in [-0.2, 0) is 13.2 Å². The lowest BCUT2D eigenvalue weighted by Crippen LogP contribution is -2.35. The maximum atomic E-state index is 6.23. The molecule has 1 N–H and O–H groups in total. The van der Waals surface area contributed by atoms with E-state index in [2.05, 4.69) is 42.0 Å². The van der Waals surface area contributed by atoms with E-state index in [-0.39, 0.29) is 17.9 Å². The predicted octanol–water partition coefficient (Wildman–Crippen LogP) is 7.04. The number of benzene rings is 2. The summed E-state index contributed by atoms with van der Waals surface area (Å²) >= 11 is 15.8. The van der Waals surface area contributed by atoms with Crippen LogP contribution in [0.2, 0.25) is 10.0 Å². The van der Waals surface area contributed by atoms with Gasteiger partial charge in [-0.1, -0.05) is 29.3 Å². The average Bonchev–Trinajstić information content (AvgIpc) is 2.53. The SMILES string of the molecule is CCOc1cc(CNC(C)(C)C)cc(Br)c1OCc1ccc(Cl)cc1Cl.Cl. The molecule has 2 rings (SSSR count). The minimum absolute atomic E-state index is 0. The zero-order valence-electron chi connectivity index (χ0n) is 15.9. The second kappa shape index (κ2) is 10.8. The fourth-order valence-electron chi connectivity index (χ4n) is 2.28. The molecule has 0 amide bonds. The summed E-state index contributed by atoms with van der Waals surface area (Å²) in [5.74, 6) is 1.37. The Kier molecular flexibility index (Phi) is 9.73. The molecule has 0 aliphatic rings. The molecular weight excluding hydrogens is 472 g/mol. The van der Waals surface area contributed by atoms with Crippen LogP contribution in [0.1, 0.15) is 38.8 Å². The van der Waals surface area contributed by atoms with Crippen LogP contribution < -0.4 is 14.8 Å². The Morgan fingerprint density at radius 3 is 2.37 bits per heavy atom. The molecule has 0 aliphatic heterocycles. The van der Waals surface area contributed by atoms with E-state index >= 15 is 0 Å². The molecule has 0 radical (unpaired) electrons. The number of hydrogen-bond donors (Lipinski definition) is 1. The lowest BCUT2D eigenvalue weighted by Gasteiger charge is -2.21. The molecule has 7 heteroatoms. The van der Waals surface area contributed by atoms with Gasteiger partial charge in [0.05, 0.1) is 11.1 Å². The molecule has 2 aromatic carbocycles. The maximum Gasteiger partial charge on any atom is 0.175 e. The van der Waals surface area contributed by atoms with E-state index in [1.54, 1.807) is 12.1 Å². The number of ether oxygens (including phenoxy) is 2. The van der Waals surface area contributed by atoms with Crippen molar-refractivity contribution in [3.05, 3.63) is 56.0 Å². The van der Waals surface area contributed by atoms with E-state index in [0.29, 0.717) is 34.8 Å². The molecular formula is C20H25BrCl3NO2. The summed E-state index contributed by atoms with van der Waals surface area (Å²) in [6, 6.07) is 9.42. The highest BCUT2D eigenvalue weighted by Gasteiger charge is 2.15. The Balaban J connectivity index is 0.00000364. The van der Waals surface area contributed by atoms with Crippen molar-refractivity contribution in [3.8, 4) is 11.5 Å². The summed E-state index contributed by atoms with van der Waals surface area (Å²) in [5, 5.41) is 4.66. The average molecular weight is 498 g/mol. The number of hydrogen-bond acceptors (Lipinski definition) is 3. The minimum Gasteiger partial charge on any atom is -0.490 e. The van der Waals surface area contributed by atoms with Gasteiger partial charge in [-0.25, -0.2) is 0 Å². The van der Waals surface area contributed by atoms with Crippen molar-refractivity contribution in [1.29, 1.82) is 0 Å². The summed E-state index contributed by atoms with van der Waals surface area (Å²) in [6.45, 7) is 9.99. The molecule has 0 saturated heterocycles. The molecule has 150 valence electrons. The standard InChI is InChI=1S/C20H24BrCl2NO2.ClH/c1-5-25-18-9-13(11-24-20(2,3)4)8-16(21)19(18)26-12-14-6-7-15(22)10-17(14)23;/h6-10,24H,5,11-12H2,1-4H3;1H. The van der Waals surface area contributed by atoms with Crippen LogP contribution >= 0.6 is 51.5 Å². The van der Waals surface area contributed by atoms with Crippen molar-refractivity contribution in [3.63, 3.8) is 0 Å². The van der Waals surface area contributed by atoms with E-state index in [0.717, 1.165) is 22.1 Å². The molecule has 0 spiro atoms. The zero-order chi connectivity index (χ0) is 19.3. The van der Waals surface area contributed by atoms with Crippen molar-refractivity contribution >= 4 is 51.5 Å². The molecule has 2 aromatic rings. The second-order valence-corrected chi connectivity index (χ2v) is 8.66. The summed E-state index contributed by atoms with van der Waals surface area (Å²) in [6.07, 6.45) is 0. The summed E-state index contributed by atoms with van der Waals surface area (Å²) < 4.78 is 12.6. The third-order valence-corrected chi connectivity index (χ3v) is 4.76. The van der Waals surface area contributed by atoms with Crippen LogP contribution in [0.4, 0.5) is 0 Å². The van der Waals surface area contributed by atoms with Gasteiger partial charge < -0.3 is 14.8 Å². The topological polar surface area (TPSA) is 30.5 Å². The number of halogens is 4. The van der Waals surface area contributed by atoms with Crippen molar-refractivity contribution < 1.29 is 9.47 Å². The lowest BCUT2D eigenvalue weighted by atomic mass is 10.1. The van der Waals surface area contributed by atoms with Gasteiger partial charge in [-0.05, 0) is 73.5 Å². The zero-order valence-corrected chi connectivity index (χ0v) is 19.8. The summed E-state index contributed by atoms with van der Waals surface area (Å²) in [7, 11) is 0. The van der Waals surface area contributed by atoms with Crippen LogP contribution in [-0.4, -0.2) is 12.1 Å². The van der Waals surface area contributed by atoms with E-state index in [1.165, 1.54) is 0 Å². The van der Waals surface area contributed by atoms with E-state index in [9.17, 15) is 0 Å². The van der Waals surface area contributed by atoms with E-state index in [1.807, 2.05) is 25.1 Å². The fraction of sp³-hybridized carbons (Fsp3) is 0.400. The van der Waals surface area contributed by atoms with Crippen LogP contribution in [0, 0.1) is 0 Å². The monoisotopic (exact) mass is 495 g/mol. The molecule has 0 bridgehead atoms. The third-order valence-electron chi connectivity index (χ3n) is 3.58. The highest BCUT2D eigenvalue weighted by atomic mass is 79.9. The van der Waals surface area contributed by atoms with Crippen molar-refractivity contribution in [2.24, 2.45) is 0 Å². The first-order valence-corrected chi connectivity index (χ1v) is 10.0. The molecule has 3 nitrogen and oxygen atoms in total. The Labute approximate surface area is 186 Å². The van der Waals surface area contributed by atoms with Gasteiger partial charge in [0.2, 0.25) is 0 Å². The van der Waals surface area contributed by atoms with Gasteiger partial charge in [0.1, 0.15) is 6.61 Å². The van der Waals surface area contributed by atoms with E-state index in [4.69, 9.17) is 32.7 Å². The third kappa shape index (κ3) is 7.71. The molecule has 0 aromatic heterocycles. The number of nitrogens with one attached hydrogen (secondary N) is 1. The second-order valence-electron chi connectivity index (χ2n) is 6.97. The first-order chi connectivity index (χ1) is 12.2. The van der Waals surface area contributed by atoms with Crippen molar-refractivity contribution in [2.45, 2.75) is 46.4 Å². The molecule has 0 fully saturated rings. The predicted molar refractivity (Wildman–Crippen MR) is 120 cm³/mol. The fourth-order valence-corrected chi connectivity index (χ4v) is 3.35. The Bertz CT molecular complexity index is 764. The quantitative estimate of drug-likeness (QED) is 0.445. The van der Waals surface area contributed by atoms with Gasteiger partial charge in [0.15, 0.2) is 11.5 Å². The molecule has 27 heavy (non-hydrogen) atoms. The van der Waals surface area contributed by atoms with Crippen molar-refractivity contribution in [2.75, 3.05) is 6.61 Å². The van der Waals surface area contributed by atoms with Crippen LogP contribution in [0.3, 0.4) is 0 Å². The van der Waals surface area contributed by atoms with Gasteiger partial charge in [-0.3, -0.25) is 0 Å². The highest BCUT2D eigenvalue weighted by Crippen LogP contribution is 2.38. The smallest absolute Gasteiger partial charge is 0.175 e. The Morgan fingerprint density at radius 1 is 1.07 bits per heavy atom. The van der Waals surface area contributed by atoms with Crippen LogP contribution in [0.5, 0.6) is 11.5 Å². The molecule has 0 atom stereocenters. The molecule has 0 heterocycles. The van der Waals surface area contributed by atoms with Gasteiger partial charge >= 0.3 is 0 Å². The summed E-state index contributed by atoms with van der Waals surface area (Å²) in [4.78, 5) is 0. The first-order valence-electron chi connectivity index (χ1n) is 8.46. The Hall–Kier alpha value is -0.650. The maximum absolute atomic E-state index is 6.23.